The van der Waals surface area contributed by atoms with Gasteiger partial charge in [-0.2, -0.15) is 5.10 Å². The maximum Gasteiger partial charge on any atom is 0.102 e. The Bertz CT molecular complexity index is 608. The van der Waals surface area contributed by atoms with Crippen molar-refractivity contribution < 1.29 is 5.11 Å². The van der Waals surface area contributed by atoms with E-state index in [0.29, 0.717) is 6.54 Å². The molecule has 5 heteroatoms. The van der Waals surface area contributed by atoms with Crippen LogP contribution in [0.1, 0.15) is 47.2 Å². The monoisotopic (exact) mass is 305 g/mol. The summed E-state index contributed by atoms with van der Waals surface area (Å²) < 4.78 is 1.72. The molecule has 0 saturated heterocycles. The van der Waals surface area contributed by atoms with Crippen LogP contribution in [-0.2, 0) is 25.5 Å². The molecule has 2 N–H and O–H groups in total. The highest BCUT2D eigenvalue weighted by Gasteiger charge is 2.26. The van der Waals surface area contributed by atoms with E-state index in [1.165, 1.54) is 29.7 Å². The van der Waals surface area contributed by atoms with Crippen LogP contribution in [0.4, 0.5) is 0 Å². The van der Waals surface area contributed by atoms with E-state index in [2.05, 4.69) is 23.4 Å². The van der Waals surface area contributed by atoms with Crippen LogP contribution in [0.15, 0.2) is 18.5 Å². The molecule has 1 aliphatic rings. The number of thiophene rings is 1. The van der Waals surface area contributed by atoms with Crippen LogP contribution in [0, 0.1) is 0 Å². The Balaban J connectivity index is 1.63. The van der Waals surface area contributed by atoms with Crippen molar-refractivity contribution in [1.82, 2.24) is 15.1 Å². The highest BCUT2D eigenvalue weighted by molar-refractivity contribution is 7.12. The average Bonchev–Trinajstić information content (AvgIpc) is 3.10. The van der Waals surface area contributed by atoms with Gasteiger partial charge in [-0.1, -0.05) is 0 Å². The fourth-order valence-corrected chi connectivity index (χ4v) is 4.10. The molecular weight excluding hydrogens is 282 g/mol. The summed E-state index contributed by atoms with van der Waals surface area (Å²) in [6.07, 6.45) is 7.36. The van der Waals surface area contributed by atoms with Gasteiger partial charge in [-0.15, -0.1) is 11.3 Å². The lowest BCUT2D eigenvalue weighted by Gasteiger charge is -2.24. The second kappa shape index (κ2) is 5.55. The molecule has 1 aliphatic carbocycles. The molecule has 2 aromatic heterocycles. The Morgan fingerprint density at radius 1 is 1.52 bits per heavy atom. The molecule has 2 aromatic rings. The van der Waals surface area contributed by atoms with Gasteiger partial charge in [-0.25, -0.2) is 0 Å². The molecule has 0 amide bonds. The second-order valence-electron chi connectivity index (χ2n) is 6.23. The number of aliphatic hydroxyl groups is 1. The van der Waals surface area contributed by atoms with Gasteiger partial charge in [0.05, 0.1) is 6.20 Å². The van der Waals surface area contributed by atoms with Gasteiger partial charge < -0.3 is 10.4 Å². The molecular formula is C16H23N3OS. The molecule has 2 heterocycles. The molecule has 0 bridgehead atoms. The number of nitrogens with one attached hydrogen (secondary N) is 1. The highest BCUT2D eigenvalue weighted by Crippen LogP contribution is 2.33. The topological polar surface area (TPSA) is 50.1 Å². The number of aromatic nitrogens is 2. The van der Waals surface area contributed by atoms with Gasteiger partial charge in [0.2, 0.25) is 0 Å². The van der Waals surface area contributed by atoms with E-state index in [0.717, 1.165) is 5.56 Å². The molecule has 0 saturated carbocycles. The quantitative estimate of drug-likeness (QED) is 0.892. The van der Waals surface area contributed by atoms with E-state index in [-0.39, 0.29) is 6.04 Å². The smallest absolute Gasteiger partial charge is 0.102 e. The third-order valence-corrected chi connectivity index (χ3v) is 5.69. The van der Waals surface area contributed by atoms with Crippen LogP contribution in [0.5, 0.6) is 0 Å². The van der Waals surface area contributed by atoms with Gasteiger partial charge in [0.1, 0.15) is 5.60 Å². The summed E-state index contributed by atoms with van der Waals surface area (Å²) in [7, 11) is 1.86. The Morgan fingerprint density at radius 3 is 3.00 bits per heavy atom. The van der Waals surface area contributed by atoms with Gasteiger partial charge in [0.25, 0.3) is 0 Å². The molecule has 3 rings (SSSR count). The third-order valence-electron chi connectivity index (χ3n) is 4.27. The number of fused-ring (bicyclic) bond motifs is 1. The molecule has 21 heavy (non-hydrogen) atoms. The van der Waals surface area contributed by atoms with E-state index in [1.54, 1.807) is 15.8 Å². The zero-order chi connectivity index (χ0) is 15.0. The first-order chi connectivity index (χ1) is 9.95. The van der Waals surface area contributed by atoms with Gasteiger partial charge in [-0.3, -0.25) is 4.68 Å². The summed E-state index contributed by atoms with van der Waals surface area (Å²) in [5, 5.41) is 18.2. The predicted molar refractivity (Wildman–Crippen MR) is 85.5 cm³/mol. The first kappa shape index (κ1) is 14.8. The number of nitrogens with zero attached hydrogens (tertiary/aromatic N) is 2. The molecule has 0 fully saturated rings. The zero-order valence-electron chi connectivity index (χ0n) is 12.9. The van der Waals surface area contributed by atoms with Crippen LogP contribution < -0.4 is 5.32 Å². The largest absolute Gasteiger partial charge is 0.384 e. The molecule has 0 radical (unpaired) electrons. The number of aryl methyl sites for hydroxylation is 3. The van der Waals surface area contributed by atoms with Crippen molar-refractivity contribution in [2.75, 3.05) is 6.54 Å². The summed E-state index contributed by atoms with van der Waals surface area (Å²) in [5.74, 6) is 0. The van der Waals surface area contributed by atoms with Gasteiger partial charge >= 0.3 is 0 Å². The Morgan fingerprint density at radius 2 is 2.33 bits per heavy atom. The van der Waals surface area contributed by atoms with Crippen LogP contribution >= 0.6 is 11.3 Å². The lowest BCUT2D eigenvalue weighted by Crippen LogP contribution is -2.36. The summed E-state index contributed by atoms with van der Waals surface area (Å²) in [5.41, 5.74) is 1.48. The summed E-state index contributed by atoms with van der Waals surface area (Å²) in [4.78, 5) is 2.93. The van der Waals surface area contributed by atoms with Crippen LogP contribution in [0.3, 0.4) is 0 Å². The minimum absolute atomic E-state index is 0.267. The van der Waals surface area contributed by atoms with Crippen molar-refractivity contribution in [2.24, 2.45) is 7.05 Å². The third kappa shape index (κ3) is 3.05. The standard InChI is InChI=1S/C16H23N3OS/c1-11(15-7-12-5-4-6-14(12)21-15)17-10-16(2,20)13-8-18-19(3)9-13/h7-9,11,17,20H,4-6,10H2,1-3H3/t11-,16-/m0/s1. The normalized spacial score (nSPS) is 18.5. The van der Waals surface area contributed by atoms with Crippen molar-refractivity contribution in [1.29, 1.82) is 0 Å². The summed E-state index contributed by atoms with van der Waals surface area (Å²) >= 11 is 1.92. The molecule has 4 nitrogen and oxygen atoms in total. The second-order valence-corrected chi connectivity index (χ2v) is 7.40. The Kier molecular flexibility index (Phi) is 3.90. The van der Waals surface area contributed by atoms with Crippen molar-refractivity contribution >= 4 is 11.3 Å². The predicted octanol–water partition coefficient (Wildman–Crippen LogP) is 2.53. The number of hydrogen-bond donors (Lipinski definition) is 2. The van der Waals surface area contributed by atoms with Crippen molar-refractivity contribution in [3.05, 3.63) is 39.3 Å². The lowest BCUT2D eigenvalue weighted by atomic mass is 9.99. The van der Waals surface area contributed by atoms with E-state index in [9.17, 15) is 5.11 Å². The molecule has 0 aliphatic heterocycles. The molecule has 0 aromatic carbocycles. The van der Waals surface area contributed by atoms with Crippen molar-refractivity contribution in [2.45, 2.75) is 44.8 Å². The van der Waals surface area contributed by atoms with Gasteiger partial charge in [0.15, 0.2) is 0 Å². The van der Waals surface area contributed by atoms with Crippen LogP contribution in [0.25, 0.3) is 0 Å². The maximum absolute atomic E-state index is 10.6. The molecule has 0 unspecified atom stereocenters. The van der Waals surface area contributed by atoms with Crippen molar-refractivity contribution in [3.8, 4) is 0 Å². The minimum atomic E-state index is -0.900. The maximum atomic E-state index is 10.6. The fraction of sp³-hybridized carbons (Fsp3) is 0.562. The van der Waals surface area contributed by atoms with E-state index in [1.807, 2.05) is 31.5 Å². The zero-order valence-corrected chi connectivity index (χ0v) is 13.7. The van der Waals surface area contributed by atoms with Crippen LogP contribution in [-0.4, -0.2) is 21.4 Å². The lowest BCUT2D eigenvalue weighted by molar-refractivity contribution is 0.0544. The first-order valence-corrected chi connectivity index (χ1v) is 8.34. The average molecular weight is 305 g/mol. The van der Waals surface area contributed by atoms with Gasteiger partial charge in [0, 0.05) is 41.1 Å². The summed E-state index contributed by atoms with van der Waals surface area (Å²) in [6.45, 7) is 4.51. The molecule has 2 atom stereocenters. The number of rotatable bonds is 5. The fourth-order valence-electron chi connectivity index (χ4n) is 2.82. The Labute approximate surface area is 129 Å². The van der Waals surface area contributed by atoms with Crippen LogP contribution in [0.2, 0.25) is 0 Å². The SMILES string of the molecule is C[C@H](NC[C@](C)(O)c1cnn(C)c1)c1cc2c(s1)CCC2. The van der Waals surface area contributed by atoms with E-state index < -0.39 is 5.60 Å². The Hall–Kier alpha value is -1.17. The van der Waals surface area contributed by atoms with E-state index in [4.69, 9.17) is 0 Å². The number of hydrogen-bond acceptors (Lipinski definition) is 4. The molecule has 114 valence electrons. The highest BCUT2D eigenvalue weighted by atomic mass is 32.1. The summed E-state index contributed by atoms with van der Waals surface area (Å²) in [6, 6.07) is 2.60. The molecule has 0 spiro atoms. The first-order valence-electron chi connectivity index (χ1n) is 7.52. The van der Waals surface area contributed by atoms with Gasteiger partial charge in [-0.05, 0) is 44.7 Å². The minimum Gasteiger partial charge on any atom is -0.384 e. The van der Waals surface area contributed by atoms with E-state index >= 15 is 0 Å². The van der Waals surface area contributed by atoms with Crippen molar-refractivity contribution in [3.63, 3.8) is 0 Å².